The number of anilines is 1. The van der Waals surface area contributed by atoms with Gasteiger partial charge in [-0.25, -0.2) is 4.98 Å². The van der Waals surface area contributed by atoms with Gasteiger partial charge in [0.1, 0.15) is 12.0 Å². The van der Waals surface area contributed by atoms with Crippen LogP contribution in [-0.4, -0.2) is 45.0 Å². The van der Waals surface area contributed by atoms with Crippen molar-refractivity contribution in [3.8, 4) is 11.3 Å². The Morgan fingerprint density at radius 2 is 2.00 bits per heavy atom. The fourth-order valence-electron chi connectivity index (χ4n) is 3.47. The molecule has 1 aromatic carbocycles. The van der Waals surface area contributed by atoms with E-state index >= 15 is 0 Å². The molecule has 1 saturated heterocycles. The van der Waals surface area contributed by atoms with Crippen LogP contribution in [0.5, 0.6) is 0 Å². The molecule has 0 bridgehead atoms. The van der Waals surface area contributed by atoms with Crippen LogP contribution < -0.4 is 5.32 Å². The quantitative estimate of drug-likeness (QED) is 0.733. The van der Waals surface area contributed by atoms with E-state index in [0.29, 0.717) is 35.9 Å². The maximum absolute atomic E-state index is 13.1. The Kier molecular flexibility index (Phi) is 4.92. The summed E-state index contributed by atoms with van der Waals surface area (Å²) in [6.07, 6.45) is -0.436. The van der Waals surface area contributed by atoms with Gasteiger partial charge in [-0.05, 0) is 25.3 Å². The summed E-state index contributed by atoms with van der Waals surface area (Å²) < 4.78 is 46.3. The summed E-state index contributed by atoms with van der Waals surface area (Å²) in [5.74, 6) is 0.521. The zero-order valence-electron chi connectivity index (χ0n) is 15.3. The first kappa shape index (κ1) is 18.7. The van der Waals surface area contributed by atoms with E-state index in [2.05, 4.69) is 20.5 Å². The molecular weight excluding hydrogens is 371 g/mol. The lowest BCUT2D eigenvalue weighted by molar-refractivity contribution is -0.127. The zero-order valence-corrected chi connectivity index (χ0v) is 15.3. The summed E-state index contributed by atoms with van der Waals surface area (Å²) in [6.45, 7) is 3.13. The minimum absolute atomic E-state index is 0.176. The topological polar surface area (TPSA) is 64.3 Å². The molecule has 0 amide bonds. The normalized spacial score (nSPS) is 15.9. The van der Waals surface area contributed by atoms with E-state index in [-0.39, 0.29) is 11.6 Å². The van der Waals surface area contributed by atoms with Gasteiger partial charge in [-0.3, -0.25) is 4.40 Å². The van der Waals surface area contributed by atoms with Crippen molar-refractivity contribution in [3.63, 3.8) is 0 Å². The molecule has 28 heavy (non-hydrogen) atoms. The summed E-state index contributed by atoms with van der Waals surface area (Å²) in [7, 11) is 0. The second kappa shape index (κ2) is 7.38. The van der Waals surface area contributed by atoms with E-state index in [9.17, 15) is 13.2 Å². The highest BCUT2D eigenvalue weighted by atomic mass is 19.4. The zero-order chi connectivity index (χ0) is 19.7. The lowest BCUT2D eigenvalue weighted by Crippen LogP contribution is -2.29. The van der Waals surface area contributed by atoms with Gasteiger partial charge < -0.3 is 10.1 Å². The standard InChI is InChI=1S/C19H20F3N5O/c1-12-2-3-15(13(8-12)9-19(20,21)22)17-16-10-23-11-27(16)18(26-25-17)24-14-4-6-28-7-5-14/h2-3,8,10-11,14H,4-7,9H2,1H3,(H,24,26). The van der Waals surface area contributed by atoms with Crippen LogP contribution in [0, 0.1) is 6.92 Å². The maximum atomic E-state index is 13.1. The molecule has 0 atom stereocenters. The van der Waals surface area contributed by atoms with Crippen molar-refractivity contribution in [3.05, 3.63) is 41.9 Å². The van der Waals surface area contributed by atoms with Crippen molar-refractivity contribution in [1.29, 1.82) is 0 Å². The molecule has 0 aliphatic carbocycles. The van der Waals surface area contributed by atoms with Crippen LogP contribution in [0.15, 0.2) is 30.7 Å². The van der Waals surface area contributed by atoms with E-state index in [1.807, 2.05) is 0 Å². The van der Waals surface area contributed by atoms with Crippen LogP contribution >= 0.6 is 0 Å². The summed E-state index contributed by atoms with van der Waals surface area (Å²) in [5.41, 5.74) is 2.35. The summed E-state index contributed by atoms with van der Waals surface area (Å²) in [6, 6.07) is 5.20. The second-order valence-corrected chi connectivity index (χ2v) is 7.00. The summed E-state index contributed by atoms with van der Waals surface area (Å²) in [5, 5.41) is 11.9. The molecule has 0 radical (unpaired) electrons. The lowest BCUT2D eigenvalue weighted by atomic mass is 9.98. The second-order valence-electron chi connectivity index (χ2n) is 7.00. The number of fused-ring (bicyclic) bond motifs is 1. The van der Waals surface area contributed by atoms with Gasteiger partial charge in [0.2, 0.25) is 5.95 Å². The molecule has 1 N–H and O–H groups in total. The monoisotopic (exact) mass is 391 g/mol. The van der Waals surface area contributed by atoms with Crippen LogP contribution in [0.1, 0.15) is 24.0 Å². The number of nitrogens with zero attached hydrogens (tertiary/aromatic N) is 4. The van der Waals surface area contributed by atoms with Gasteiger partial charge in [-0.2, -0.15) is 13.2 Å². The molecule has 0 saturated carbocycles. The molecule has 1 aliphatic rings. The first-order valence-corrected chi connectivity index (χ1v) is 9.10. The van der Waals surface area contributed by atoms with Crippen LogP contribution in [0.4, 0.5) is 19.1 Å². The molecule has 9 heteroatoms. The van der Waals surface area contributed by atoms with Crippen LogP contribution in [-0.2, 0) is 11.2 Å². The molecule has 6 nitrogen and oxygen atoms in total. The van der Waals surface area contributed by atoms with Crippen molar-refractivity contribution < 1.29 is 17.9 Å². The van der Waals surface area contributed by atoms with Gasteiger partial charge in [0, 0.05) is 24.8 Å². The molecular formula is C19H20F3N5O. The SMILES string of the molecule is Cc1ccc(-c2nnc(NC3CCOCC3)n3cncc23)c(CC(F)(F)F)c1. The summed E-state index contributed by atoms with van der Waals surface area (Å²) in [4.78, 5) is 4.16. The van der Waals surface area contributed by atoms with Crippen molar-refractivity contribution in [1.82, 2.24) is 19.6 Å². The average Bonchev–Trinajstić information content (AvgIpc) is 3.13. The predicted octanol–water partition coefficient (Wildman–Crippen LogP) is 3.80. The third-order valence-corrected chi connectivity index (χ3v) is 4.82. The number of nitrogens with one attached hydrogen (secondary N) is 1. The van der Waals surface area contributed by atoms with Gasteiger partial charge in [-0.15, -0.1) is 10.2 Å². The number of aromatic nitrogens is 4. The van der Waals surface area contributed by atoms with Crippen molar-refractivity contribution >= 4 is 11.5 Å². The Hall–Kier alpha value is -2.68. The highest BCUT2D eigenvalue weighted by Crippen LogP contribution is 2.32. The number of ether oxygens (including phenoxy) is 1. The fourth-order valence-corrected chi connectivity index (χ4v) is 3.47. The molecule has 3 heterocycles. The average molecular weight is 391 g/mol. The number of benzene rings is 1. The Labute approximate surface area is 159 Å². The van der Waals surface area contributed by atoms with Gasteiger partial charge in [0.15, 0.2) is 0 Å². The number of imidazole rings is 1. The lowest BCUT2D eigenvalue weighted by Gasteiger charge is -2.23. The van der Waals surface area contributed by atoms with Gasteiger partial charge in [0.05, 0.1) is 18.1 Å². The van der Waals surface area contributed by atoms with E-state index in [1.54, 1.807) is 42.0 Å². The molecule has 2 aromatic heterocycles. The van der Waals surface area contributed by atoms with E-state index in [4.69, 9.17) is 4.74 Å². The van der Waals surface area contributed by atoms with Gasteiger partial charge in [0.25, 0.3) is 0 Å². The molecule has 1 fully saturated rings. The third-order valence-electron chi connectivity index (χ3n) is 4.82. The van der Waals surface area contributed by atoms with Crippen molar-refractivity contribution in [2.24, 2.45) is 0 Å². The van der Waals surface area contributed by atoms with Crippen molar-refractivity contribution in [2.75, 3.05) is 18.5 Å². The fraction of sp³-hybridized carbons (Fsp3) is 0.421. The Balaban J connectivity index is 1.74. The molecule has 3 aromatic rings. The first-order chi connectivity index (χ1) is 13.4. The number of hydrogen-bond donors (Lipinski definition) is 1. The number of hydrogen-bond acceptors (Lipinski definition) is 5. The summed E-state index contributed by atoms with van der Waals surface area (Å²) >= 11 is 0. The minimum Gasteiger partial charge on any atom is -0.381 e. The Bertz CT molecular complexity index is 979. The number of alkyl halides is 3. The highest BCUT2D eigenvalue weighted by molar-refractivity contribution is 5.79. The van der Waals surface area contributed by atoms with E-state index in [1.165, 1.54) is 0 Å². The molecule has 0 unspecified atom stereocenters. The predicted molar refractivity (Wildman–Crippen MR) is 98.2 cm³/mol. The van der Waals surface area contributed by atoms with E-state index < -0.39 is 12.6 Å². The molecule has 1 aliphatic heterocycles. The van der Waals surface area contributed by atoms with Crippen LogP contribution in [0.3, 0.4) is 0 Å². The van der Waals surface area contributed by atoms with Crippen molar-refractivity contribution in [2.45, 2.75) is 38.4 Å². The minimum atomic E-state index is -4.31. The molecule has 0 spiro atoms. The number of rotatable bonds is 4. The van der Waals surface area contributed by atoms with Crippen LogP contribution in [0.25, 0.3) is 16.8 Å². The third kappa shape index (κ3) is 3.94. The van der Waals surface area contributed by atoms with Crippen LogP contribution in [0.2, 0.25) is 0 Å². The van der Waals surface area contributed by atoms with Gasteiger partial charge >= 0.3 is 6.18 Å². The maximum Gasteiger partial charge on any atom is 0.393 e. The largest absolute Gasteiger partial charge is 0.393 e. The molecule has 4 rings (SSSR count). The van der Waals surface area contributed by atoms with Gasteiger partial charge in [-0.1, -0.05) is 23.8 Å². The van der Waals surface area contributed by atoms with E-state index in [0.717, 1.165) is 18.4 Å². The molecule has 148 valence electrons. The Morgan fingerprint density at radius 3 is 2.75 bits per heavy atom. The Morgan fingerprint density at radius 1 is 1.21 bits per heavy atom. The first-order valence-electron chi connectivity index (χ1n) is 9.10. The highest BCUT2D eigenvalue weighted by Gasteiger charge is 2.30. The smallest absolute Gasteiger partial charge is 0.381 e. The number of halogens is 3. The number of aryl methyl sites for hydroxylation is 1.